The predicted molar refractivity (Wildman–Crippen MR) is 66.2 cm³/mol. The first kappa shape index (κ1) is 11.9. The standard InChI is InChI=1S/C12H14ClN3O/c1-10(13)12-9-16(15-14-12)7-8-17-11-5-3-2-4-6-11/h2-6,9-10H,7-8H2,1H3. The molecule has 1 atom stereocenters. The molecule has 0 fully saturated rings. The zero-order valence-corrected chi connectivity index (χ0v) is 10.3. The second-order valence-corrected chi connectivity index (χ2v) is 4.34. The van der Waals surface area contributed by atoms with E-state index in [0.29, 0.717) is 13.2 Å². The summed E-state index contributed by atoms with van der Waals surface area (Å²) in [5.41, 5.74) is 0.784. The van der Waals surface area contributed by atoms with E-state index in [0.717, 1.165) is 11.4 Å². The van der Waals surface area contributed by atoms with Crippen molar-refractivity contribution in [2.75, 3.05) is 6.61 Å². The Labute approximate surface area is 105 Å². The summed E-state index contributed by atoms with van der Waals surface area (Å²) in [6.45, 7) is 3.09. The maximum atomic E-state index is 5.90. The van der Waals surface area contributed by atoms with Gasteiger partial charge in [-0.3, -0.25) is 0 Å². The Morgan fingerprint density at radius 3 is 2.76 bits per heavy atom. The summed E-state index contributed by atoms with van der Waals surface area (Å²) in [7, 11) is 0. The lowest BCUT2D eigenvalue weighted by Gasteiger charge is -2.05. The minimum atomic E-state index is -0.112. The van der Waals surface area contributed by atoms with Gasteiger partial charge < -0.3 is 4.74 Å². The van der Waals surface area contributed by atoms with Crippen LogP contribution in [0.15, 0.2) is 36.5 Å². The van der Waals surface area contributed by atoms with Crippen molar-refractivity contribution < 1.29 is 4.74 Å². The monoisotopic (exact) mass is 251 g/mol. The van der Waals surface area contributed by atoms with Crippen LogP contribution in [-0.2, 0) is 6.54 Å². The Hall–Kier alpha value is -1.55. The van der Waals surface area contributed by atoms with Gasteiger partial charge in [0.25, 0.3) is 0 Å². The minimum absolute atomic E-state index is 0.112. The number of ether oxygens (including phenoxy) is 1. The van der Waals surface area contributed by atoms with Gasteiger partial charge in [-0.15, -0.1) is 16.7 Å². The summed E-state index contributed by atoms with van der Waals surface area (Å²) in [6, 6.07) is 9.69. The van der Waals surface area contributed by atoms with E-state index in [-0.39, 0.29) is 5.38 Å². The van der Waals surface area contributed by atoms with Crippen LogP contribution in [0.3, 0.4) is 0 Å². The summed E-state index contributed by atoms with van der Waals surface area (Å²) < 4.78 is 7.29. The topological polar surface area (TPSA) is 39.9 Å². The Morgan fingerprint density at radius 1 is 1.35 bits per heavy atom. The molecule has 1 aromatic carbocycles. The molecular formula is C12H14ClN3O. The van der Waals surface area contributed by atoms with Crippen LogP contribution in [0, 0.1) is 0 Å². The highest BCUT2D eigenvalue weighted by Crippen LogP contribution is 2.15. The molecule has 5 heteroatoms. The summed E-state index contributed by atoms with van der Waals surface area (Å²) in [6.07, 6.45) is 1.84. The largest absolute Gasteiger partial charge is 0.492 e. The van der Waals surface area contributed by atoms with E-state index in [9.17, 15) is 0 Å². The molecule has 0 spiro atoms. The first-order chi connectivity index (χ1) is 8.25. The predicted octanol–water partition coefficient (Wildman–Crippen LogP) is 2.66. The first-order valence-corrected chi connectivity index (χ1v) is 5.91. The third kappa shape index (κ3) is 3.46. The van der Waals surface area contributed by atoms with E-state index in [1.165, 1.54) is 0 Å². The Kier molecular flexibility index (Phi) is 3.98. The first-order valence-electron chi connectivity index (χ1n) is 5.47. The third-order valence-corrected chi connectivity index (χ3v) is 2.52. The van der Waals surface area contributed by atoms with Crippen molar-refractivity contribution >= 4 is 11.6 Å². The molecule has 0 bridgehead atoms. The molecule has 0 aliphatic heterocycles. The van der Waals surface area contributed by atoms with E-state index in [1.807, 2.05) is 43.5 Å². The van der Waals surface area contributed by atoms with Crippen molar-refractivity contribution in [3.63, 3.8) is 0 Å². The summed E-state index contributed by atoms with van der Waals surface area (Å²) in [5, 5.41) is 7.83. The maximum Gasteiger partial charge on any atom is 0.119 e. The average molecular weight is 252 g/mol. The van der Waals surface area contributed by atoms with Gasteiger partial charge >= 0.3 is 0 Å². The van der Waals surface area contributed by atoms with Crippen molar-refractivity contribution in [3.05, 3.63) is 42.2 Å². The molecule has 2 rings (SSSR count). The van der Waals surface area contributed by atoms with Crippen molar-refractivity contribution in [2.45, 2.75) is 18.8 Å². The highest BCUT2D eigenvalue weighted by Gasteiger charge is 2.06. The number of benzene rings is 1. The minimum Gasteiger partial charge on any atom is -0.492 e. The van der Waals surface area contributed by atoms with Crippen LogP contribution in [0.2, 0.25) is 0 Å². The maximum absolute atomic E-state index is 5.90. The van der Waals surface area contributed by atoms with E-state index in [2.05, 4.69) is 10.3 Å². The van der Waals surface area contributed by atoms with Gasteiger partial charge in [0.05, 0.1) is 18.1 Å². The number of aromatic nitrogens is 3. The third-order valence-electron chi connectivity index (χ3n) is 2.30. The number of hydrogen-bond donors (Lipinski definition) is 0. The number of alkyl halides is 1. The zero-order chi connectivity index (χ0) is 12.1. The zero-order valence-electron chi connectivity index (χ0n) is 9.58. The van der Waals surface area contributed by atoms with Crippen LogP contribution in [0.1, 0.15) is 18.0 Å². The van der Waals surface area contributed by atoms with E-state index >= 15 is 0 Å². The number of rotatable bonds is 5. The Morgan fingerprint density at radius 2 is 2.12 bits per heavy atom. The molecule has 90 valence electrons. The second kappa shape index (κ2) is 5.68. The summed E-state index contributed by atoms with van der Waals surface area (Å²) in [5.74, 6) is 0.860. The van der Waals surface area contributed by atoms with Crippen molar-refractivity contribution in [2.24, 2.45) is 0 Å². The normalized spacial score (nSPS) is 12.4. The van der Waals surface area contributed by atoms with Crippen molar-refractivity contribution in [3.8, 4) is 5.75 Å². The van der Waals surface area contributed by atoms with Crippen LogP contribution in [-0.4, -0.2) is 21.6 Å². The lowest BCUT2D eigenvalue weighted by atomic mass is 10.3. The van der Waals surface area contributed by atoms with Gasteiger partial charge in [0, 0.05) is 0 Å². The number of nitrogens with zero attached hydrogens (tertiary/aromatic N) is 3. The van der Waals surface area contributed by atoms with Gasteiger partial charge in [-0.05, 0) is 19.1 Å². The van der Waals surface area contributed by atoms with Gasteiger partial charge in [-0.2, -0.15) is 0 Å². The second-order valence-electron chi connectivity index (χ2n) is 3.68. The molecule has 4 nitrogen and oxygen atoms in total. The molecule has 2 aromatic rings. The highest BCUT2D eigenvalue weighted by atomic mass is 35.5. The van der Waals surface area contributed by atoms with Gasteiger partial charge in [0.1, 0.15) is 18.1 Å². The number of para-hydroxylation sites is 1. The van der Waals surface area contributed by atoms with E-state index < -0.39 is 0 Å². The van der Waals surface area contributed by atoms with Crippen LogP contribution < -0.4 is 4.74 Å². The molecule has 1 unspecified atom stereocenters. The smallest absolute Gasteiger partial charge is 0.119 e. The fourth-order valence-electron chi connectivity index (χ4n) is 1.38. The van der Waals surface area contributed by atoms with Crippen LogP contribution in [0.25, 0.3) is 0 Å². The van der Waals surface area contributed by atoms with Gasteiger partial charge in [0.2, 0.25) is 0 Å². The molecular weight excluding hydrogens is 238 g/mol. The summed E-state index contributed by atoms with van der Waals surface area (Å²) >= 11 is 5.90. The van der Waals surface area contributed by atoms with Gasteiger partial charge in [-0.25, -0.2) is 4.68 Å². The van der Waals surface area contributed by atoms with Crippen LogP contribution >= 0.6 is 11.6 Å². The lowest BCUT2D eigenvalue weighted by molar-refractivity contribution is 0.289. The molecule has 0 radical (unpaired) electrons. The molecule has 17 heavy (non-hydrogen) atoms. The van der Waals surface area contributed by atoms with Gasteiger partial charge in [-0.1, -0.05) is 23.4 Å². The van der Waals surface area contributed by atoms with E-state index in [1.54, 1.807) is 4.68 Å². The number of halogens is 1. The Balaban J connectivity index is 1.82. The summed E-state index contributed by atoms with van der Waals surface area (Å²) in [4.78, 5) is 0. The molecule has 0 amide bonds. The quantitative estimate of drug-likeness (QED) is 0.767. The number of hydrogen-bond acceptors (Lipinski definition) is 3. The van der Waals surface area contributed by atoms with E-state index in [4.69, 9.17) is 16.3 Å². The lowest BCUT2D eigenvalue weighted by Crippen LogP contribution is -2.08. The fourth-order valence-corrected chi connectivity index (χ4v) is 1.48. The fraction of sp³-hybridized carbons (Fsp3) is 0.333. The molecule has 0 aliphatic rings. The van der Waals surface area contributed by atoms with Crippen molar-refractivity contribution in [1.82, 2.24) is 15.0 Å². The average Bonchev–Trinajstić information content (AvgIpc) is 2.79. The van der Waals surface area contributed by atoms with Crippen molar-refractivity contribution in [1.29, 1.82) is 0 Å². The molecule has 1 aromatic heterocycles. The molecule has 0 saturated heterocycles. The SMILES string of the molecule is CC(Cl)c1cn(CCOc2ccccc2)nn1. The molecule has 0 saturated carbocycles. The molecule has 0 N–H and O–H groups in total. The van der Waals surface area contributed by atoms with Crippen LogP contribution in [0.5, 0.6) is 5.75 Å². The van der Waals surface area contributed by atoms with Gasteiger partial charge in [0.15, 0.2) is 0 Å². The Bertz CT molecular complexity index is 456. The molecule has 1 heterocycles. The highest BCUT2D eigenvalue weighted by molar-refractivity contribution is 6.20. The van der Waals surface area contributed by atoms with Crippen LogP contribution in [0.4, 0.5) is 0 Å². The molecule has 0 aliphatic carbocycles.